The molecule has 1 N–H and O–H groups in total. The van der Waals surface area contributed by atoms with Gasteiger partial charge in [0.1, 0.15) is 0 Å². The van der Waals surface area contributed by atoms with Crippen LogP contribution in [0.3, 0.4) is 0 Å². The van der Waals surface area contributed by atoms with Gasteiger partial charge in [-0.2, -0.15) is 0 Å². The van der Waals surface area contributed by atoms with Crippen LogP contribution in [-0.2, 0) is 0 Å². The third-order valence-corrected chi connectivity index (χ3v) is 3.12. The Labute approximate surface area is 89.7 Å². The first-order valence-corrected chi connectivity index (χ1v) is 6.64. The lowest BCUT2D eigenvalue weighted by atomic mass is 10.1. The van der Waals surface area contributed by atoms with Crippen LogP contribution in [0.4, 0.5) is 0 Å². The first kappa shape index (κ1) is 12.0. The van der Waals surface area contributed by atoms with Crippen LogP contribution in [0.5, 0.6) is 0 Å². The van der Waals surface area contributed by atoms with Gasteiger partial charge in [0.05, 0.1) is 0 Å². The number of hydrogen-bond donors (Lipinski definition) is 1. The molecule has 0 aromatic heterocycles. The van der Waals surface area contributed by atoms with Gasteiger partial charge in [-0.1, -0.05) is 45.4 Å². The second kappa shape index (κ2) is 8.28. The zero-order chi connectivity index (χ0) is 10.1. The highest BCUT2D eigenvalue weighted by atomic mass is 14.8. The second-order valence-electron chi connectivity index (χ2n) is 4.75. The van der Waals surface area contributed by atoms with E-state index in [-0.39, 0.29) is 0 Å². The predicted molar refractivity (Wildman–Crippen MR) is 63.6 cm³/mol. The topological polar surface area (TPSA) is 12.0 Å². The van der Waals surface area contributed by atoms with E-state index in [1.54, 1.807) is 0 Å². The molecule has 1 aliphatic rings. The molecule has 0 heterocycles. The summed E-state index contributed by atoms with van der Waals surface area (Å²) in [5.74, 6) is 1.11. The van der Waals surface area contributed by atoms with Crippen molar-refractivity contribution in [3.8, 4) is 0 Å². The van der Waals surface area contributed by atoms with Gasteiger partial charge in [0.25, 0.3) is 0 Å². The van der Waals surface area contributed by atoms with Crippen molar-refractivity contribution in [3.05, 3.63) is 0 Å². The Morgan fingerprint density at radius 2 is 1.64 bits per heavy atom. The van der Waals surface area contributed by atoms with E-state index in [4.69, 9.17) is 0 Å². The highest BCUT2D eigenvalue weighted by Crippen LogP contribution is 2.33. The van der Waals surface area contributed by atoms with E-state index < -0.39 is 0 Å². The molecule has 0 atom stereocenters. The summed E-state index contributed by atoms with van der Waals surface area (Å²) in [5, 5.41) is 3.55. The van der Waals surface area contributed by atoms with Gasteiger partial charge >= 0.3 is 0 Å². The number of hydrogen-bond acceptors (Lipinski definition) is 1. The molecule has 0 radical (unpaired) electrons. The maximum Gasteiger partial charge on any atom is -0.00488 e. The molecule has 0 saturated heterocycles. The molecule has 14 heavy (non-hydrogen) atoms. The van der Waals surface area contributed by atoms with Crippen molar-refractivity contribution < 1.29 is 0 Å². The van der Waals surface area contributed by atoms with Crippen molar-refractivity contribution in [1.82, 2.24) is 5.32 Å². The Morgan fingerprint density at radius 3 is 2.36 bits per heavy atom. The molecule has 0 spiro atoms. The molecular weight excluding hydrogens is 170 g/mol. The molecule has 1 nitrogen and oxygen atoms in total. The molecule has 1 rings (SSSR count). The smallest absolute Gasteiger partial charge is 0.00488 e. The molecule has 1 saturated carbocycles. The first-order valence-electron chi connectivity index (χ1n) is 6.64. The monoisotopic (exact) mass is 197 g/mol. The van der Waals surface area contributed by atoms with Gasteiger partial charge in [-0.25, -0.2) is 0 Å². The lowest BCUT2D eigenvalue weighted by Gasteiger charge is -2.03. The Bertz CT molecular complexity index is 118. The van der Waals surface area contributed by atoms with E-state index in [2.05, 4.69) is 12.2 Å². The van der Waals surface area contributed by atoms with Gasteiger partial charge in [0.2, 0.25) is 0 Å². The highest BCUT2D eigenvalue weighted by molar-refractivity contribution is 4.72. The SMILES string of the molecule is CCCCCCCNCCCC1CC1. The number of nitrogens with one attached hydrogen (secondary N) is 1. The summed E-state index contributed by atoms with van der Waals surface area (Å²) in [4.78, 5) is 0. The van der Waals surface area contributed by atoms with Crippen molar-refractivity contribution in [3.63, 3.8) is 0 Å². The van der Waals surface area contributed by atoms with Crippen molar-refractivity contribution in [1.29, 1.82) is 0 Å². The maximum absolute atomic E-state index is 3.55. The Balaban J connectivity index is 1.63. The normalized spacial score (nSPS) is 16.1. The van der Waals surface area contributed by atoms with Crippen LogP contribution in [0, 0.1) is 5.92 Å². The minimum Gasteiger partial charge on any atom is -0.317 e. The van der Waals surface area contributed by atoms with Gasteiger partial charge in [0.15, 0.2) is 0 Å². The summed E-state index contributed by atoms with van der Waals surface area (Å²) in [5.41, 5.74) is 0. The molecule has 1 aliphatic carbocycles. The van der Waals surface area contributed by atoms with E-state index in [9.17, 15) is 0 Å². The Hall–Kier alpha value is -0.0400. The van der Waals surface area contributed by atoms with Crippen molar-refractivity contribution in [2.24, 2.45) is 5.92 Å². The van der Waals surface area contributed by atoms with Crippen molar-refractivity contribution in [2.45, 2.75) is 64.7 Å². The van der Waals surface area contributed by atoms with Gasteiger partial charge in [0, 0.05) is 0 Å². The van der Waals surface area contributed by atoms with Crippen molar-refractivity contribution >= 4 is 0 Å². The van der Waals surface area contributed by atoms with Crippen LogP contribution < -0.4 is 5.32 Å². The zero-order valence-electron chi connectivity index (χ0n) is 9.86. The fourth-order valence-corrected chi connectivity index (χ4v) is 1.90. The highest BCUT2D eigenvalue weighted by Gasteiger charge is 2.19. The second-order valence-corrected chi connectivity index (χ2v) is 4.75. The largest absolute Gasteiger partial charge is 0.317 e. The maximum atomic E-state index is 3.55. The third kappa shape index (κ3) is 7.37. The van der Waals surface area contributed by atoms with Crippen LogP contribution in [-0.4, -0.2) is 13.1 Å². The third-order valence-electron chi connectivity index (χ3n) is 3.12. The average molecular weight is 197 g/mol. The molecule has 0 amide bonds. The number of unbranched alkanes of at least 4 members (excludes halogenated alkanes) is 4. The van der Waals surface area contributed by atoms with E-state index in [1.165, 1.54) is 70.9 Å². The summed E-state index contributed by atoms with van der Waals surface area (Å²) in [6, 6.07) is 0. The molecule has 0 bridgehead atoms. The summed E-state index contributed by atoms with van der Waals surface area (Å²) < 4.78 is 0. The van der Waals surface area contributed by atoms with Crippen LogP contribution in [0.25, 0.3) is 0 Å². The summed E-state index contributed by atoms with van der Waals surface area (Å²) in [7, 11) is 0. The van der Waals surface area contributed by atoms with Crippen LogP contribution in [0.1, 0.15) is 64.7 Å². The van der Waals surface area contributed by atoms with Crippen LogP contribution in [0.2, 0.25) is 0 Å². The first-order chi connectivity index (χ1) is 6.93. The molecule has 1 fully saturated rings. The molecular formula is C13H27N. The lowest BCUT2D eigenvalue weighted by molar-refractivity contribution is 0.555. The summed E-state index contributed by atoms with van der Waals surface area (Å²) in [6.07, 6.45) is 12.9. The Morgan fingerprint density at radius 1 is 0.929 bits per heavy atom. The predicted octanol–water partition coefficient (Wildman–Crippen LogP) is 3.74. The molecule has 0 unspecified atom stereocenters. The zero-order valence-corrected chi connectivity index (χ0v) is 9.86. The fraction of sp³-hybridized carbons (Fsp3) is 1.00. The molecule has 0 aliphatic heterocycles. The van der Waals surface area contributed by atoms with E-state index in [1.807, 2.05) is 0 Å². The average Bonchev–Trinajstić information content (AvgIpc) is 2.99. The fourth-order valence-electron chi connectivity index (χ4n) is 1.90. The quantitative estimate of drug-likeness (QED) is 0.526. The standard InChI is InChI=1S/C13H27N/c1-2-3-4-5-6-11-14-12-7-8-13-9-10-13/h13-14H,2-12H2,1H3. The molecule has 1 heteroatoms. The lowest BCUT2D eigenvalue weighted by Crippen LogP contribution is -2.16. The van der Waals surface area contributed by atoms with Gasteiger partial charge in [-0.05, 0) is 38.3 Å². The number of rotatable bonds is 10. The molecule has 0 aromatic carbocycles. The van der Waals surface area contributed by atoms with Crippen LogP contribution >= 0.6 is 0 Å². The summed E-state index contributed by atoms with van der Waals surface area (Å²) in [6.45, 7) is 4.77. The van der Waals surface area contributed by atoms with Crippen molar-refractivity contribution in [2.75, 3.05) is 13.1 Å². The minimum absolute atomic E-state index is 1.11. The van der Waals surface area contributed by atoms with Gasteiger partial charge < -0.3 is 5.32 Å². The van der Waals surface area contributed by atoms with E-state index >= 15 is 0 Å². The molecule has 0 aromatic rings. The molecule has 84 valence electrons. The minimum atomic E-state index is 1.11. The van der Waals surface area contributed by atoms with E-state index in [0.717, 1.165) is 5.92 Å². The van der Waals surface area contributed by atoms with E-state index in [0.29, 0.717) is 0 Å². The summed E-state index contributed by atoms with van der Waals surface area (Å²) >= 11 is 0. The Kier molecular flexibility index (Phi) is 7.12. The van der Waals surface area contributed by atoms with Gasteiger partial charge in [-0.15, -0.1) is 0 Å². The van der Waals surface area contributed by atoms with Gasteiger partial charge in [-0.3, -0.25) is 0 Å². The van der Waals surface area contributed by atoms with Crippen LogP contribution in [0.15, 0.2) is 0 Å².